The zero-order valence-electron chi connectivity index (χ0n) is 10.6. The third-order valence-corrected chi connectivity index (χ3v) is 3.85. The fourth-order valence-corrected chi connectivity index (χ4v) is 2.83. The van der Waals surface area contributed by atoms with Gasteiger partial charge in [-0.25, -0.2) is 0 Å². The van der Waals surface area contributed by atoms with Crippen LogP contribution >= 0.6 is 15.9 Å². The van der Waals surface area contributed by atoms with Crippen molar-refractivity contribution >= 4 is 15.9 Å². The predicted octanol–water partition coefficient (Wildman–Crippen LogP) is 4.72. The van der Waals surface area contributed by atoms with Gasteiger partial charge in [-0.05, 0) is 24.6 Å². The first kappa shape index (κ1) is 15.1. The molecule has 0 aromatic heterocycles. The molecule has 2 aromatic rings. The van der Waals surface area contributed by atoms with Gasteiger partial charge >= 0.3 is 6.18 Å². The lowest BCUT2D eigenvalue weighted by Crippen LogP contribution is -2.27. The van der Waals surface area contributed by atoms with Crippen LogP contribution in [-0.4, -0.2) is 5.11 Å². The van der Waals surface area contributed by atoms with Crippen molar-refractivity contribution in [1.82, 2.24) is 0 Å². The van der Waals surface area contributed by atoms with Crippen molar-refractivity contribution in [3.63, 3.8) is 0 Å². The lowest BCUT2D eigenvalue weighted by atomic mass is 9.85. The Bertz CT molecular complexity index is 621. The molecule has 0 aliphatic rings. The molecule has 1 N–H and O–H groups in total. The Kier molecular flexibility index (Phi) is 3.93. The summed E-state index contributed by atoms with van der Waals surface area (Å²) in [4.78, 5) is 0. The highest BCUT2D eigenvalue weighted by atomic mass is 79.9. The van der Waals surface area contributed by atoms with Crippen molar-refractivity contribution in [3.05, 3.63) is 69.7 Å². The normalized spacial score (nSPS) is 14.9. The summed E-state index contributed by atoms with van der Waals surface area (Å²) < 4.78 is 39.8. The van der Waals surface area contributed by atoms with Gasteiger partial charge in [0.15, 0.2) is 0 Å². The van der Waals surface area contributed by atoms with E-state index in [0.717, 1.165) is 6.07 Å². The van der Waals surface area contributed by atoms with E-state index in [1.807, 2.05) is 0 Å². The summed E-state index contributed by atoms with van der Waals surface area (Å²) in [6.45, 7) is 1.36. The summed E-state index contributed by atoms with van der Waals surface area (Å²) in [6.07, 6.45) is -4.51. The zero-order chi connectivity index (χ0) is 15.0. The summed E-state index contributed by atoms with van der Waals surface area (Å²) in [5.41, 5.74) is -2.36. The summed E-state index contributed by atoms with van der Waals surface area (Å²) >= 11 is 3.26. The van der Waals surface area contributed by atoms with Crippen LogP contribution in [0.1, 0.15) is 23.6 Å². The van der Waals surface area contributed by atoms with E-state index in [1.54, 1.807) is 24.3 Å². The maximum atomic E-state index is 13.1. The average molecular weight is 345 g/mol. The molecular formula is C15H12BrF3O. The predicted molar refractivity (Wildman–Crippen MR) is 74.3 cm³/mol. The molecule has 0 bridgehead atoms. The number of hydrogen-bond donors (Lipinski definition) is 1. The highest BCUT2D eigenvalue weighted by Crippen LogP contribution is 2.41. The van der Waals surface area contributed by atoms with Crippen LogP contribution in [0.3, 0.4) is 0 Å². The van der Waals surface area contributed by atoms with E-state index in [1.165, 1.54) is 25.1 Å². The maximum absolute atomic E-state index is 13.1. The molecule has 5 heteroatoms. The molecule has 106 valence electrons. The number of hydrogen-bond acceptors (Lipinski definition) is 1. The minimum Gasteiger partial charge on any atom is -0.381 e. The van der Waals surface area contributed by atoms with Crippen LogP contribution in [0, 0.1) is 0 Å². The van der Waals surface area contributed by atoms with Gasteiger partial charge in [-0.2, -0.15) is 13.2 Å². The topological polar surface area (TPSA) is 20.2 Å². The Morgan fingerprint density at radius 2 is 1.30 bits per heavy atom. The maximum Gasteiger partial charge on any atom is 0.416 e. The standard InChI is InChI=1S/C15H12BrF3O/c1-14(20,12-8-4-5-9-13(12)16)10-6-2-3-7-11(10)15(17,18)19/h2-9,20H,1H3. The second-order valence-corrected chi connectivity index (χ2v) is 5.45. The highest BCUT2D eigenvalue weighted by Gasteiger charge is 2.39. The third kappa shape index (κ3) is 2.74. The van der Waals surface area contributed by atoms with E-state index in [-0.39, 0.29) is 5.56 Å². The molecule has 0 saturated carbocycles. The van der Waals surface area contributed by atoms with Crippen LogP contribution in [0.15, 0.2) is 53.0 Å². The summed E-state index contributed by atoms with van der Waals surface area (Å²) in [5.74, 6) is 0. The van der Waals surface area contributed by atoms with Gasteiger partial charge in [0.1, 0.15) is 5.60 Å². The average Bonchev–Trinajstić information content (AvgIpc) is 2.38. The Hall–Kier alpha value is -1.33. The van der Waals surface area contributed by atoms with Crippen LogP contribution < -0.4 is 0 Å². The summed E-state index contributed by atoms with van der Waals surface area (Å²) in [7, 11) is 0. The molecule has 0 amide bonds. The molecular weight excluding hydrogens is 333 g/mol. The van der Waals surface area contributed by atoms with Crippen molar-refractivity contribution in [2.45, 2.75) is 18.7 Å². The van der Waals surface area contributed by atoms with Gasteiger partial charge in [0, 0.05) is 10.0 Å². The lowest BCUT2D eigenvalue weighted by molar-refractivity contribution is -0.139. The Morgan fingerprint density at radius 3 is 1.80 bits per heavy atom. The van der Waals surface area contributed by atoms with Crippen LogP contribution in [-0.2, 0) is 11.8 Å². The molecule has 1 nitrogen and oxygen atoms in total. The number of alkyl halides is 3. The first-order valence-corrected chi connectivity index (χ1v) is 6.68. The zero-order valence-corrected chi connectivity index (χ0v) is 12.2. The first-order chi connectivity index (χ1) is 9.24. The molecule has 2 aromatic carbocycles. The largest absolute Gasteiger partial charge is 0.416 e. The van der Waals surface area contributed by atoms with E-state index in [2.05, 4.69) is 15.9 Å². The van der Waals surface area contributed by atoms with Crippen LogP contribution in [0.5, 0.6) is 0 Å². The van der Waals surface area contributed by atoms with Crippen molar-refractivity contribution < 1.29 is 18.3 Å². The molecule has 0 spiro atoms. The smallest absolute Gasteiger partial charge is 0.381 e. The fraction of sp³-hybridized carbons (Fsp3) is 0.200. The Morgan fingerprint density at radius 1 is 0.850 bits per heavy atom. The number of rotatable bonds is 2. The monoisotopic (exact) mass is 344 g/mol. The summed E-state index contributed by atoms with van der Waals surface area (Å²) in [5, 5.41) is 10.7. The molecule has 0 saturated heterocycles. The number of benzene rings is 2. The van der Waals surface area contributed by atoms with Crippen molar-refractivity contribution in [2.75, 3.05) is 0 Å². The second-order valence-electron chi connectivity index (χ2n) is 4.60. The van der Waals surface area contributed by atoms with Gasteiger partial charge in [-0.15, -0.1) is 0 Å². The Labute approximate surface area is 123 Å². The van der Waals surface area contributed by atoms with Gasteiger partial charge in [0.25, 0.3) is 0 Å². The highest BCUT2D eigenvalue weighted by molar-refractivity contribution is 9.10. The lowest BCUT2D eigenvalue weighted by Gasteiger charge is -2.28. The fourth-order valence-electron chi connectivity index (χ4n) is 2.16. The second kappa shape index (κ2) is 5.22. The van der Waals surface area contributed by atoms with E-state index >= 15 is 0 Å². The molecule has 20 heavy (non-hydrogen) atoms. The van der Waals surface area contributed by atoms with Gasteiger partial charge < -0.3 is 5.11 Å². The molecule has 0 radical (unpaired) electrons. The minimum absolute atomic E-state index is 0.167. The van der Waals surface area contributed by atoms with E-state index in [9.17, 15) is 18.3 Å². The summed E-state index contributed by atoms with van der Waals surface area (Å²) in [6, 6.07) is 11.7. The quantitative estimate of drug-likeness (QED) is 0.835. The molecule has 2 rings (SSSR count). The van der Waals surface area contributed by atoms with Crippen LogP contribution in [0.25, 0.3) is 0 Å². The van der Waals surface area contributed by atoms with Crippen molar-refractivity contribution in [2.24, 2.45) is 0 Å². The Balaban J connectivity index is 2.65. The molecule has 0 fully saturated rings. The van der Waals surface area contributed by atoms with Crippen LogP contribution in [0.4, 0.5) is 13.2 Å². The van der Waals surface area contributed by atoms with Gasteiger partial charge in [-0.1, -0.05) is 52.3 Å². The van der Waals surface area contributed by atoms with Crippen molar-refractivity contribution in [1.29, 1.82) is 0 Å². The van der Waals surface area contributed by atoms with Crippen molar-refractivity contribution in [3.8, 4) is 0 Å². The SMILES string of the molecule is CC(O)(c1ccccc1Br)c1ccccc1C(F)(F)F. The number of aliphatic hydroxyl groups is 1. The van der Waals surface area contributed by atoms with Crippen LogP contribution in [0.2, 0.25) is 0 Å². The third-order valence-electron chi connectivity index (χ3n) is 3.16. The number of halogens is 4. The van der Waals surface area contributed by atoms with Gasteiger partial charge in [-0.3, -0.25) is 0 Å². The van der Waals surface area contributed by atoms with E-state index in [0.29, 0.717) is 10.0 Å². The molecule has 0 aliphatic carbocycles. The van der Waals surface area contributed by atoms with E-state index < -0.39 is 17.3 Å². The molecule has 0 aliphatic heterocycles. The minimum atomic E-state index is -4.51. The molecule has 0 heterocycles. The molecule has 1 unspecified atom stereocenters. The van der Waals surface area contributed by atoms with Gasteiger partial charge in [0.2, 0.25) is 0 Å². The van der Waals surface area contributed by atoms with Gasteiger partial charge in [0.05, 0.1) is 5.56 Å². The molecule has 1 atom stereocenters. The van der Waals surface area contributed by atoms with E-state index in [4.69, 9.17) is 0 Å². The first-order valence-electron chi connectivity index (χ1n) is 5.88.